The topological polar surface area (TPSA) is 70.1 Å². The standard InChI is InChI=1S/C8H12N.NO3/c1-3-9-6-4-8(2)5-7-9;2-1(3)4/h4-7H,3H2,1-2H3;/q+1;-1. The fourth-order valence-electron chi connectivity index (χ4n) is 0.743. The molecule has 0 radical (unpaired) electrons. The van der Waals surface area contributed by atoms with E-state index in [0.29, 0.717) is 0 Å². The lowest BCUT2D eigenvalue weighted by Gasteiger charge is -1.89. The molecular weight excluding hydrogens is 172 g/mol. The average Bonchev–Trinajstić information content (AvgIpc) is 2.05. The molecule has 5 heteroatoms. The van der Waals surface area contributed by atoms with Gasteiger partial charge >= 0.3 is 0 Å². The van der Waals surface area contributed by atoms with Gasteiger partial charge in [-0.1, -0.05) is 0 Å². The van der Waals surface area contributed by atoms with Gasteiger partial charge in [-0.15, -0.1) is 0 Å². The van der Waals surface area contributed by atoms with Crippen molar-refractivity contribution in [1.82, 2.24) is 0 Å². The zero-order valence-electron chi connectivity index (χ0n) is 7.64. The summed E-state index contributed by atoms with van der Waals surface area (Å²) in [6, 6.07) is 4.23. The Morgan fingerprint density at radius 2 is 1.77 bits per heavy atom. The second-order valence-corrected chi connectivity index (χ2v) is 2.43. The highest BCUT2D eigenvalue weighted by Gasteiger charge is 1.90. The van der Waals surface area contributed by atoms with Crippen molar-refractivity contribution >= 4 is 0 Å². The van der Waals surface area contributed by atoms with Crippen molar-refractivity contribution in [3.63, 3.8) is 0 Å². The van der Waals surface area contributed by atoms with E-state index in [0.717, 1.165) is 6.54 Å². The molecule has 0 aliphatic heterocycles. The van der Waals surface area contributed by atoms with Gasteiger partial charge in [0.15, 0.2) is 12.4 Å². The predicted molar refractivity (Wildman–Crippen MR) is 47.4 cm³/mol. The minimum absolute atomic E-state index is 1.06. The smallest absolute Gasteiger partial charge is 0.169 e. The van der Waals surface area contributed by atoms with Crippen molar-refractivity contribution in [3.8, 4) is 0 Å². The molecule has 1 heterocycles. The molecule has 0 aromatic carbocycles. The van der Waals surface area contributed by atoms with Crippen molar-refractivity contribution in [1.29, 1.82) is 0 Å². The van der Waals surface area contributed by atoms with Crippen LogP contribution in [0.15, 0.2) is 24.5 Å². The number of hydrogen-bond acceptors (Lipinski definition) is 3. The zero-order valence-corrected chi connectivity index (χ0v) is 7.64. The lowest BCUT2D eigenvalue weighted by Crippen LogP contribution is -2.30. The van der Waals surface area contributed by atoms with E-state index in [1.54, 1.807) is 0 Å². The first-order valence-electron chi connectivity index (χ1n) is 3.83. The van der Waals surface area contributed by atoms with E-state index >= 15 is 0 Å². The number of rotatable bonds is 1. The third-order valence-corrected chi connectivity index (χ3v) is 1.42. The largest absolute Gasteiger partial charge is 0.356 e. The summed E-state index contributed by atoms with van der Waals surface area (Å²) in [7, 11) is 0. The fourth-order valence-corrected chi connectivity index (χ4v) is 0.743. The minimum atomic E-state index is -1.75. The van der Waals surface area contributed by atoms with Crippen LogP contribution in [0, 0.1) is 22.2 Å². The summed E-state index contributed by atoms with van der Waals surface area (Å²) in [6.45, 7) is 5.29. The predicted octanol–water partition coefficient (Wildman–Crippen LogP) is 1.06. The highest BCUT2D eigenvalue weighted by molar-refractivity contribution is 5.02. The van der Waals surface area contributed by atoms with E-state index in [1.807, 2.05) is 0 Å². The van der Waals surface area contributed by atoms with Gasteiger partial charge in [0.1, 0.15) is 6.54 Å². The molecule has 0 fully saturated rings. The van der Waals surface area contributed by atoms with Gasteiger partial charge in [-0.25, -0.2) is 4.57 Å². The fraction of sp³-hybridized carbons (Fsp3) is 0.375. The summed E-state index contributed by atoms with van der Waals surface area (Å²) >= 11 is 0. The second-order valence-electron chi connectivity index (χ2n) is 2.43. The van der Waals surface area contributed by atoms with Crippen molar-refractivity contribution in [2.24, 2.45) is 0 Å². The molecule has 0 unspecified atom stereocenters. The van der Waals surface area contributed by atoms with Gasteiger partial charge in [-0.05, 0) is 19.4 Å². The van der Waals surface area contributed by atoms with Crippen LogP contribution in [0.2, 0.25) is 0 Å². The molecule has 0 aliphatic carbocycles. The Balaban J connectivity index is 0.000000310. The molecule has 1 aromatic heterocycles. The number of nitrogens with zero attached hydrogens (tertiary/aromatic N) is 2. The molecule has 5 nitrogen and oxygen atoms in total. The van der Waals surface area contributed by atoms with E-state index in [9.17, 15) is 0 Å². The summed E-state index contributed by atoms with van der Waals surface area (Å²) in [5.41, 5.74) is 1.32. The van der Waals surface area contributed by atoms with E-state index in [-0.39, 0.29) is 0 Å². The first-order chi connectivity index (χ1) is 6.06. The Labute approximate surface area is 76.4 Å². The SMILES string of the molecule is CC[n+]1ccc(C)cc1.O=[N+]([O-])[O-]. The Bertz CT molecular complexity index is 255. The van der Waals surface area contributed by atoms with Crippen LogP contribution in [0.4, 0.5) is 0 Å². The molecule has 0 atom stereocenters. The quantitative estimate of drug-likeness (QED) is 0.372. The van der Waals surface area contributed by atoms with Crippen LogP contribution in [-0.4, -0.2) is 5.09 Å². The molecule has 0 N–H and O–H groups in total. The van der Waals surface area contributed by atoms with Gasteiger partial charge < -0.3 is 15.3 Å². The Kier molecular flexibility index (Phi) is 5.18. The van der Waals surface area contributed by atoms with Gasteiger partial charge in [0.25, 0.3) is 0 Å². The third kappa shape index (κ3) is 6.74. The number of hydrogen-bond donors (Lipinski definition) is 0. The molecule has 1 aromatic rings. The summed E-state index contributed by atoms with van der Waals surface area (Å²) in [4.78, 5) is 8.25. The summed E-state index contributed by atoms with van der Waals surface area (Å²) in [5.74, 6) is 0. The average molecular weight is 184 g/mol. The molecule has 0 spiro atoms. The minimum Gasteiger partial charge on any atom is -0.356 e. The number of aromatic nitrogens is 1. The Morgan fingerprint density at radius 3 is 2.08 bits per heavy atom. The lowest BCUT2D eigenvalue weighted by molar-refractivity contribution is -0.693. The van der Waals surface area contributed by atoms with Gasteiger partial charge in [0.05, 0.1) is 5.09 Å². The first-order valence-corrected chi connectivity index (χ1v) is 3.83. The number of pyridine rings is 1. The van der Waals surface area contributed by atoms with Gasteiger partial charge in [0.2, 0.25) is 0 Å². The number of aryl methyl sites for hydroxylation is 2. The first kappa shape index (κ1) is 11.4. The highest BCUT2D eigenvalue weighted by atomic mass is 16.9. The second kappa shape index (κ2) is 5.93. The van der Waals surface area contributed by atoms with Crippen molar-refractivity contribution < 1.29 is 9.65 Å². The van der Waals surface area contributed by atoms with Crippen LogP contribution >= 0.6 is 0 Å². The monoisotopic (exact) mass is 184 g/mol. The maximum absolute atomic E-state index is 8.25. The summed E-state index contributed by atoms with van der Waals surface area (Å²) in [5, 5.41) is 14.8. The van der Waals surface area contributed by atoms with Crippen LogP contribution in [0.3, 0.4) is 0 Å². The van der Waals surface area contributed by atoms with Crippen LogP contribution in [-0.2, 0) is 6.54 Å². The molecule has 13 heavy (non-hydrogen) atoms. The molecular formula is C8H12N2O3. The van der Waals surface area contributed by atoms with Crippen LogP contribution < -0.4 is 4.57 Å². The van der Waals surface area contributed by atoms with E-state index in [1.165, 1.54) is 5.56 Å². The van der Waals surface area contributed by atoms with E-state index in [2.05, 4.69) is 42.9 Å². The maximum Gasteiger partial charge on any atom is 0.169 e. The Morgan fingerprint density at radius 1 is 1.38 bits per heavy atom. The molecule has 0 aliphatic rings. The summed E-state index contributed by atoms with van der Waals surface area (Å²) < 4.78 is 2.15. The molecule has 0 bridgehead atoms. The summed E-state index contributed by atoms with van der Waals surface area (Å²) in [6.07, 6.45) is 4.19. The Hall–Kier alpha value is -1.65. The normalized spacial score (nSPS) is 8.46. The zero-order chi connectivity index (χ0) is 10.3. The molecule has 0 saturated carbocycles. The van der Waals surface area contributed by atoms with Gasteiger partial charge in [-0.3, -0.25) is 0 Å². The lowest BCUT2D eigenvalue weighted by atomic mass is 10.3. The van der Waals surface area contributed by atoms with Crippen molar-refractivity contribution in [2.75, 3.05) is 0 Å². The van der Waals surface area contributed by atoms with Gasteiger partial charge in [-0.2, -0.15) is 0 Å². The molecule has 0 saturated heterocycles. The third-order valence-electron chi connectivity index (χ3n) is 1.42. The van der Waals surface area contributed by atoms with E-state index < -0.39 is 5.09 Å². The van der Waals surface area contributed by atoms with Crippen LogP contribution in [0.1, 0.15) is 12.5 Å². The highest BCUT2D eigenvalue weighted by Crippen LogP contribution is 1.88. The van der Waals surface area contributed by atoms with E-state index in [4.69, 9.17) is 15.3 Å². The van der Waals surface area contributed by atoms with Crippen molar-refractivity contribution in [2.45, 2.75) is 20.4 Å². The molecule has 72 valence electrons. The van der Waals surface area contributed by atoms with Crippen LogP contribution in [0.25, 0.3) is 0 Å². The van der Waals surface area contributed by atoms with Gasteiger partial charge in [0, 0.05) is 12.1 Å². The maximum atomic E-state index is 8.25. The van der Waals surface area contributed by atoms with Crippen molar-refractivity contribution in [3.05, 3.63) is 45.4 Å². The molecule has 0 amide bonds. The molecule has 1 rings (SSSR count). The van der Waals surface area contributed by atoms with Crippen LogP contribution in [0.5, 0.6) is 0 Å².